The lowest BCUT2D eigenvalue weighted by Crippen LogP contribution is -2.49. The molecule has 1 aromatic carbocycles. The van der Waals surface area contributed by atoms with Gasteiger partial charge in [-0.2, -0.15) is 5.10 Å². The summed E-state index contributed by atoms with van der Waals surface area (Å²) in [5, 5.41) is 9.66. The number of aryl methyl sites for hydroxylation is 1. The molecule has 4 aromatic rings. The van der Waals surface area contributed by atoms with Gasteiger partial charge in [-0.05, 0) is 32.0 Å². The zero-order valence-corrected chi connectivity index (χ0v) is 15.9. The minimum Gasteiger partial charge on any atom is -0.422 e. The molecule has 0 unspecified atom stereocenters. The van der Waals surface area contributed by atoms with Crippen LogP contribution in [0.25, 0.3) is 27.2 Å². The Morgan fingerprint density at radius 3 is 3.07 bits per heavy atom. The molecule has 1 aliphatic heterocycles. The van der Waals surface area contributed by atoms with Crippen molar-refractivity contribution in [3.8, 4) is 11.3 Å². The highest BCUT2D eigenvalue weighted by molar-refractivity contribution is 7.16. The van der Waals surface area contributed by atoms with E-state index in [1.165, 1.54) is 11.3 Å². The quantitative estimate of drug-likeness (QED) is 0.538. The molecule has 1 saturated heterocycles. The first kappa shape index (κ1) is 16.5. The van der Waals surface area contributed by atoms with Crippen molar-refractivity contribution in [1.82, 2.24) is 19.9 Å². The van der Waals surface area contributed by atoms with Gasteiger partial charge in [0, 0.05) is 42.8 Å². The van der Waals surface area contributed by atoms with E-state index in [-0.39, 0.29) is 5.63 Å². The number of piperazine rings is 1. The van der Waals surface area contributed by atoms with E-state index in [1.54, 1.807) is 10.7 Å². The Morgan fingerprint density at radius 2 is 2.22 bits per heavy atom. The lowest BCUT2D eigenvalue weighted by atomic mass is 10.1. The van der Waals surface area contributed by atoms with Crippen LogP contribution in [0.5, 0.6) is 0 Å². The number of rotatable bonds is 2. The molecular formula is C19H19N5O2S. The molecule has 0 aliphatic carbocycles. The van der Waals surface area contributed by atoms with Gasteiger partial charge in [-0.1, -0.05) is 11.3 Å². The van der Waals surface area contributed by atoms with E-state index in [1.807, 2.05) is 25.1 Å². The molecule has 8 heteroatoms. The molecule has 138 valence electrons. The summed E-state index contributed by atoms with van der Waals surface area (Å²) in [6, 6.07) is 8.35. The normalized spacial score (nSPS) is 17.9. The fourth-order valence-electron chi connectivity index (χ4n) is 3.61. The smallest absolute Gasteiger partial charge is 0.345 e. The van der Waals surface area contributed by atoms with Gasteiger partial charge >= 0.3 is 5.63 Å². The van der Waals surface area contributed by atoms with Gasteiger partial charge in [0.05, 0.1) is 11.8 Å². The van der Waals surface area contributed by atoms with Crippen LogP contribution in [0.4, 0.5) is 5.69 Å². The standard InChI is InChI=1S/C19H19N5O2S/c1-11-10-23(6-5-20-11)14-4-3-13-7-15(18(25)26-17(13)8-14)16-9-21-19-24(16)22-12(2)27-19/h3-4,7-9,11,20H,5-6,10H2,1-2H3/t11-/m0/s1. The summed E-state index contributed by atoms with van der Waals surface area (Å²) in [5.41, 5.74) is 2.44. The Balaban J connectivity index is 1.59. The number of aromatic nitrogens is 3. The fourth-order valence-corrected chi connectivity index (χ4v) is 4.33. The topological polar surface area (TPSA) is 75.7 Å². The molecule has 7 nitrogen and oxygen atoms in total. The SMILES string of the molecule is Cc1nn2c(-c3cc4ccc(N5CCN[C@@H](C)C5)cc4oc3=O)cnc2s1. The van der Waals surface area contributed by atoms with Gasteiger partial charge in [0.25, 0.3) is 0 Å². The monoisotopic (exact) mass is 381 g/mol. The van der Waals surface area contributed by atoms with E-state index < -0.39 is 0 Å². The Bertz CT molecular complexity index is 1210. The molecule has 0 saturated carbocycles. The lowest BCUT2D eigenvalue weighted by Gasteiger charge is -2.33. The Hall–Kier alpha value is -2.71. The van der Waals surface area contributed by atoms with Crippen LogP contribution in [-0.2, 0) is 0 Å². The van der Waals surface area contributed by atoms with Crippen LogP contribution in [0.15, 0.2) is 39.7 Å². The zero-order chi connectivity index (χ0) is 18.5. The van der Waals surface area contributed by atoms with Crippen molar-refractivity contribution < 1.29 is 4.42 Å². The van der Waals surface area contributed by atoms with Crippen LogP contribution < -0.4 is 15.8 Å². The molecule has 1 atom stereocenters. The summed E-state index contributed by atoms with van der Waals surface area (Å²) in [6.45, 7) is 6.92. The maximum Gasteiger partial charge on any atom is 0.345 e. The molecule has 0 bridgehead atoms. The van der Waals surface area contributed by atoms with Gasteiger partial charge in [0.1, 0.15) is 16.3 Å². The maximum absolute atomic E-state index is 12.7. The second-order valence-corrected chi connectivity index (χ2v) is 8.09. The minimum absolute atomic E-state index is 0.374. The summed E-state index contributed by atoms with van der Waals surface area (Å²) in [4.78, 5) is 20.1. The predicted octanol–water partition coefficient (Wildman–Crippen LogP) is 2.67. The number of nitrogens with one attached hydrogen (secondary N) is 1. The Labute approximate surface area is 159 Å². The highest BCUT2D eigenvalue weighted by Gasteiger charge is 2.18. The Kier molecular flexibility index (Phi) is 3.76. The van der Waals surface area contributed by atoms with Gasteiger partial charge in [-0.3, -0.25) is 0 Å². The van der Waals surface area contributed by atoms with Gasteiger partial charge in [-0.15, -0.1) is 0 Å². The van der Waals surface area contributed by atoms with Crippen LogP contribution in [0.2, 0.25) is 0 Å². The van der Waals surface area contributed by atoms with Crippen molar-refractivity contribution >= 4 is 33.0 Å². The largest absolute Gasteiger partial charge is 0.422 e. The number of nitrogens with zero attached hydrogens (tertiary/aromatic N) is 4. The second-order valence-electron chi connectivity index (χ2n) is 6.93. The van der Waals surface area contributed by atoms with Crippen LogP contribution in [0.3, 0.4) is 0 Å². The van der Waals surface area contributed by atoms with E-state index in [0.29, 0.717) is 22.9 Å². The average Bonchev–Trinajstić information content (AvgIpc) is 3.20. The molecule has 5 rings (SSSR count). The van der Waals surface area contributed by atoms with E-state index in [9.17, 15) is 4.79 Å². The van der Waals surface area contributed by atoms with Gasteiger partial charge in [-0.25, -0.2) is 14.3 Å². The number of benzene rings is 1. The van der Waals surface area contributed by atoms with Gasteiger partial charge in [0.15, 0.2) is 0 Å². The third-order valence-electron chi connectivity index (χ3n) is 4.92. The van der Waals surface area contributed by atoms with Crippen molar-refractivity contribution in [3.05, 3.63) is 45.9 Å². The summed E-state index contributed by atoms with van der Waals surface area (Å²) < 4.78 is 7.37. The van der Waals surface area contributed by atoms with Crippen molar-refractivity contribution in [2.75, 3.05) is 24.5 Å². The molecule has 3 aromatic heterocycles. The number of hydrogen-bond donors (Lipinski definition) is 1. The molecule has 27 heavy (non-hydrogen) atoms. The second kappa shape index (κ2) is 6.17. The summed E-state index contributed by atoms with van der Waals surface area (Å²) >= 11 is 1.49. The molecule has 1 N–H and O–H groups in total. The molecule has 0 spiro atoms. The minimum atomic E-state index is -0.374. The van der Waals surface area contributed by atoms with Crippen LogP contribution in [0, 0.1) is 6.92 Å². The van der Waals surface area contributed by atoms with Crippen molar-refractivity contribution in [2.45, 2.75) is 19.9 Å². The summed E-state index contributed by atoms with van der Waals surface area (Å²) in [7, 11) is 0. The first-order chi connectivity index (χ1) is 13.1. The lowest BCUT2D eigenvalue weighted by molar-refractivity contribution is 0.484. The molecule has 0 radical (unpaired) electrons. The Morgan fingerprint density at radius 1 is 1.33 bits per heavy atom. The van der Waals surface area contributed by atoms with Crippen LogP contribution in [-0.4, -0.2) is 40.3 Å². The predicted molar refractivity (Wildman–Crippen MR) is 107 cm³/mol. The average molecular weight is 381 g/mol. The first-order valence-electron chi connectivity index (χ1n) is 8.96. The van der Waals surface area contributed by atoms with Crippen LogP contribution in [0.1, 0.15) is 11.9 Å². The highest BCUT2D eigenvalue weighted by atomic mass is 32.1. The summed E-state index contributed by atoms with van der Waals surface area (Å²) in [6.07, 6.45) is 1.67. The van der Waals surface area contributed by atoms with Crippen molar-refractivity contribution in [1.29, 1.82) is 0 Å². The van der Waals surface area contributed by atoms with Crippen LogP contribution >= 0.6 is 11.3 Å². The third kappa shape index (κ3) is 2.81. The molecule has 1 aliphatic rings. The molecule has 4 heterocycles. The van der Waals surface area contributed by atoms with Gasteiger partial charge in [0.2, 0.25) is 4.96 Å². The number of anilines is 1. The third-order valence-corrected chi connectivity index (χ3v) is 5.75. The number of imidazole rings is 1. The van der Waals surface area contributed by atoms with Crippen molar-refractivity contribution in [3.63, 3.8) is 0 Å². The van der Waals surface area contributed by atoms with Crippen molar-refractivity contribution in [2.24, 2.45) is 0 Å². The number of fused-ring (bicyclic) bond motifs is 2. The fraction of sp³-hybridized carbons (Fsp3) is 0.316. The molecule has 1 fully saturated rings. The van der Waals surface area contributed by atoms with E-state index in [0.717, 1.165) is 40.7 Å². The molecular weight excluding hydrogens is 362 g/mol. The number of hydrogen-bond acceptors (Lipinski definition) is 7. The highest BCUT2D eigenvalue weighted by Crippen LogP contribution is 2.27. The zero-order valence-electron chi connectivity index (χ0n) is 15.1. The van der Waals surface area contributed by atoms with E-state index in [4.69, 9.17) is 4.42 Å². The van der Waals surface area contributed by atoms with E-state index in [2.05, 4.69) is 33.3 Å². The molecule has 0 amide bonds. The first-order valence-corrected chi connectivity index (χ1v) is 9.78. The van der Waals surface area contributed by atoms with Gasteiger partial charge < -0.3 is 14.6 Å². The summed E-state index contributed by atoms with van der Waals surface area (Å²) in [5.74, 6) is 0. The van der Waals surface area contributed by atoms with E-state index >= 15 is 0 Å². The maximum atomic E-state index is 12.7.